The van der Waals surface area contributed by atoms with Gasteiger partial charge < -0.3 is 20.0 Å². The first-order valence-corrected chi connectivity index (χ1v) is 11.8. The maximum Gasteiger partial charge on any atom is 0.300 e. The molecule has 6 heteroatoms. The maximum atomic E-state index is 9.45. The van der Waals surface area contributed by atoms with Crippen LogP contribution in [-0.2, 0) is 0 Å². The van der Waals surface area contributed by atoms with E-state index < -0.39 is 0 Å². The van der Waals surface area contributed by atoms with E-state index in [-0.39, 0.29) is 5.70 Å². The molecule has 0 aromatic carbocycles. The lowest BCUT2D eigenvalue weighted by Crippen LogP contribution is -2.43. The summed E-state index contributed by atoms with van der Waals surface area (Å²) in [6, 6.07) is 2.12. The highest BCUT2D eigenvalue weighted by molar-refractivity contribution is 5.32. The lowest BCUT2D eigenvalue weighted by Gasteiger charge is -2.38. The molecule has 0 aliphatic carbocycles. The van der Waals surface area contributed by atoms with E-state index in [1.165, 1.54) is 71.2 Å². The molecule has 3 aliphatic heterocycles. The van der Waals surface area contributed by atoms with E-state index in [9.17, 15) is 5.26 Å². The van der Waals surface area contributed by atoms with Crippen LogP contribution in [0, 0.1) is 23.8 Å². The van der Waals surface area contributed by atoms with Gasteiger partial charge in [-0.3, -0.25) is 0 Å². The Morgan fingerprint density at radius 2 is 1.55 bits per heavy atom. The number of rotatable bonds is 8. The van der Waals surface area contributed by atoms with Crippen molar-refractivity contribution in [2.75, 3.05) is 58.9 Å². The van der Waals surface area contributed by atoms with Gasteiger partial charge >= 0.3 is 0 Å². The fourth-order valence-corrected chi connectivity index (χ4v) is 5.01. The molecule has 0 aromatic heterocycles. The Balaban J connectivity index is 1.45. The summed E-state index contributed by atoms with van der Waals surface area (Å²) in [7, 11) is 0. The Bertz CT molecular complexity index is 580. The van der Waals surface area contributed by atoms with Gasteiger partial charge in [-0.05, 0) is 83.6 Å². The average molecular weight is 399 g/mol. The second kappa shape index (κ2) is 12.1. The van der Waals surface area contributed by atoms with E-state index >= 15 is 0 Å². The van der Waals surface area contributed by atoms with Crippen LogP contribution in [0.5, 0.6) is 0 Å². The van der Waals surface area contributed by atoms with Gasteiger partial charge in [0.2, 0.25) is 0 Å². The highest BCUT2D eigenvalue weighted by atomic mass is 15.3. The van der Waals surface area contributed by atoms with Crippen LogP contribution < -0.4 is 5.32 Å². The molecule has 3 saturated heterocycles. The molecule has 0 atom stereocenters. The second-order valence-electron chi connectivity index (χ2n) is 8.90. The number of hydrogen-bond acceptors (Lipinski definition) is 5. The van der Waals surface area contributed by atoms with Crippen LogP contribution in [-0.4, -0.2) is 73.6 Å². The zero-order chi connectivity index (χ0) is 20.3. The molecule has 160 valence electrons. The minimum absolute atomic E-state index is 0.220. The minimum atomic E-state index is 0.220. The predicted octanol–water partition coefficient (Wildman–Crippen LogP) is 3.26. The molecule has 0 unspecified atom stereocenters. The van der Waals surface area contributed by atoms with Gasteiger partial charge in [-0.1, -0.05) is 12.8 Å². The van der Waals surface area contributed by atoms with E-state index in [0.29, 0.717) is 0 Å². The molecule has 0 bridgehead atoms. The Hall–Kier alpha value is -1.76. The van der Waals surface area contributed by atoms with Crippen LogP contribution in [0.1, 0.15) is 57.8 Å². The highest BCUT2D eigenvalue weighted by Gasteiger charge is 2.25. The summed E-state index contributed by atoms with van der Waals surface area (Å²) in [5, 5.41) is 12.9. The molecule has 29 heavy (non-hydrogen) atoms. The summed E-state index contributed by atoms with van der Waals surface area (Å²) in [6.45, 7) is 17.5. The smallest absolute Gasteiger partial charge is 0.300 e. The van der Waals surface area contributed by atoms with Crippen LogP contribution >= 0.6 is 0 Å². The Labute approximate surface area is 177 Å². The Morgan fingerprint density at radius 3 is 2.14 bits per heavy atom. The molecular formula is C23H38N6. The summed E-state index contributed by atoms with van der Waals surface area (Å²) in [5.74, 6) is 1.53. The molecule has 0 aromatic rings. The monoisotopic (exact) mass is 398 g/mol. The molecule has 0 saturated carbocycles. The van der Waals surface area contributed by atoms with Crippen molar-refractivity contribution in [3.8, 4) is 6.07 Å². The zero-order valence-electron chi connectivity index (χ0n) is 18.0. The number of piperidine rings is 3. The third kappa shape index (κ3) is 6.91. The lowest BCUT2D eigenvalue weighted by atomic mass is 9.95. The molecule has 3 rings (SSSR count). The molecule has 0 spiro atoms. The molecule has 3 heterocycles. The highest BCUT2D eigenvalue weighted by Crippen LogP contribution is 2.23. The minimum Gasteiger partial charge on any atom is -0.380 e. The van der Waals surface area contributed by atoms with E-state index in [4.69, 9.17) is 6.57 Å². The summed E-state index contributed by atoms with van der Waals surface area (Å²) in [5.41, 5.74) is 0.220. The summed E-state index contributed by atoms with van der Waals surface area (Å²) in [4.78, 5) is 10.9. The van der Waals surface area contributed by atoms with Gasteiger partial charge in [-0.15, -0.1) is 0 Å². The number of nitrogens with zero attached hydrogens (tertiary/aromatic N) is 5. The van der Waals surface area contributed by atoms with Crippen LogP contribution in [0.15, 0.2) is 11.5 Å². The van der Waals surface area contributed by atoms with Crippen LogP contribution in [0.4, 0.5) is 0 Å². The van der Waals surface area contributed by atoms with Gasteiger partial charge in [-0.25, -0.2) is 10.1 Å². The van der Waals surface area contributed by atoms with Gasteiger partial charge in [-0.2, -0.15) is 0 Å². The second-order valence-corrected chi connectivity index (χ2v) is 8.90. The summed E-state index contributed by atoms with van der Waals surface area (Å²) < 4.78 is 0. The van der Waals surface area contributed by atoms with E-state index in [0.717, 1.165) is 57.2 Å². The van der Waals surface area contributed by atoms with E-state index in [1.54, 1.807) is 0 Å². The van der Waals surface area contributed by atoms with Gasteiger partial charge in [0, 0.05) is 26.2 Å². The first-order chi connectivity index (χ1) is 14.3. The van der Waals surface area contributed by atoms with Crippen LogP contribution in [0.3, 0.4) is 0 Å². The molecule has 0 amide bonds. The van der Waals surface area contributed by atoms with Gasteiger partial charge in [0.15, 0.2) is 0 Å². The normalized spacial score (nSPS) is 23.2. The largest absolute Gasteiger partial charge is 0.380 e. The van der Waals surface area contributed by atoms with Crippen LogP contribution in [0.25, 0.3) is 4.85 Å². The van der Waals surface area contributed by atoms with Gasteiger partial charge in [0.25, 0.3) is 5.70 Å². The molecule has 3 aliphatic rings. The standard InChI is InChI=1S/C23H38N6/c1-25-22(19-24)23(26-11-8-16-27-12-4-2-5-13-27)29-17-9-21(10-18-29)20-28-14-6-3-7-15-28/h21,26H,2-18,20H2/b23-22+. The first-order valence-electron chi connectivity index (χ1n) is 11.8. The van der Waals surface area contributed by atoms with E-state index in [1.807, 2.05) is 0 Å². The van der Waals surface area contributed by atoms with Crippen molar-refractivity contribution >= 4 is 0 Å². The number of hydrogen-bond donors (Lipinski definition) is 1. The fourth-order valence-electron chi connectivity index (χ4n) is 5.01. The van der Waals surface area contributed by atoms with Crippen molar-refractivity contribution < 1.29 is 0 Å². The van der Waals surface area contributed by atoms with Crippen molar-refractivity contribution in [1.82, 2.24) is 20.0 Å². The van der Waals surface area contributed by atoms with Crippen LogP contribution in [0.2, 0.25) is 0 Å². The average Bonchev–Trinajstić information content (AvgIpc) is 2.78. The van der Waals surface area contributed by atoms with Gasteiger partial charge in [0.1, 0.15) is 5.82 Å². The van der Waals surface area contributed by atoms with Gasteiger partial charge in [0.05, 0.1) is 12.6 Å². The Kier molecular flexibility index (Phi) is 9.12. The lowest BCUT2D eigenvalue weighted by molar-refractivity contribution is 0.143. The molecule has 1 N–H and O–H groups in total. The third-order valence-electron chi connectivity index (χ3n) is 6.73. The SMILES string of the molecule is [C-]#[N+]/C(C#N)=C(\NCCCN1CCCCC1)N1CCC(CN2CCCCC2)CC1. The summed E-state index contributed by atoms with van der Waals surface area (Å²) >= 11 is 0. The van der Waals surface area contributed by atoms with E-state index in [2.05, 4.69) is 30.9 Å². The first kappa shape index (κ1) is 21.9. The fraction of sp³-hybridized carbons (Fsp3) is 0.826. The third-order valence-corrected chi connectivity index (χ3v) is 6.73. The topological polar surface area (TPSA) is 49.9 Å². The number of nitriles is 1. The zero-order valence-corrected chi connectivity index (χ0v) is 18.0. The van der Waals surface area contributed by atoms with Crippen molar-refractivity contribution in [1.29, 1.82) is 5.26 Å². The van der Waals surface area contributed by atoms with Crippen molar-refractivity contribution in [3.05, 3.63) is 22.9 Å². The molecular weight excluding hydrogens is 360 g/mol. The van der Waals surface area contributed by atoms with Crippen molar-refractivity contribution in [2.45, 2.75) is 57.8 Å². The number of nitrogens with one attached hydrogen (secondary N) is 1. The number of likely N-dealkylation sites (tertiary alicyclic amines) is 3. The molecule has 0 radical (unpaired) electrons. The van der Waals surface area contributed by atoms with Crippen molar-refractivity contribution in [2.24, 2.45) is 5.92 Å². The predicted molar refractivity (Wildman–Crippen MR) is 117 cm³/mol. The Morgan fingerprint density at radius 1 is 0.931 bits per heavy atom. The molecule has 6 nitrogen and oxygen atoms in total. The summed E-state index contributed by atoms with van der Waals surface area (Å²) in [6.07, 6.45) is 11.5. The molecule has 3 fully saturated rings. The van der Waals surface area contributed by atoms with Crippen molar-refractivity contribution in [3.63, 3.8) is 0 Å². The maximum absolute atomic E-state index is 9.45. The number of allylic oxidation sites excluding steroid dienone is 1. The quantitative estimate of drug-likeness (QED) is 0.386.